The average Bonchev–Trinajstić information content (AvgIpc) is 2.59. The first-order valence-corrected chi connectivity index (χ1v) is 9.21. The van der Waals surface area contributed by atoms with Crippen LogP contribution < -0.4 is 9.46 Å². The summed E-state index contributed by atoms with van der Waals surface area (Å²) in [6.45, 7) is 2.44. The summed E-state index contributed by atoms with van der Waals surface area (Å²) in [7, 11) is -3.55. The summed E-state index contributed by atoms with van der Waals surface area (Å²) in [4.78, 5) is 0.261. The minimum Gasteiger partial charge on any atom is -0.492 e. The molecule has 0 saturated carbocycles. The molecule has 0 radical (unpaired) electrons. The van der Waals surface area contributed by atoms with Gasteiger partial charge in [-0.05, 0) is 41.5 Å². The molecule has 0 spiro atoms. The van der Waals surface area contributed by atoms with Gasteiger partial charge in [-0.25, -0.2) is 13.1 Å². The van der Waals surface area contributed by atoms with Gasteiger partial charge in [-0.3, -0.25) is 0 Å². The van der Waals surface area contributed by atoms with Gasteiger partial charge >= 0.3 is 0 Å². The maximum atomic E-state index is 12.4. The number of para-hydroxylation sites is 1. The lowest BCUT2D eigenvalue weighted by molar-refractivity contribution is 0.320. The van der Waals surface area contributed by atoms with Crippen molar-refractivity contribution in [1.29, 1.82) is 0 Å². The quantitative estimate of drug-likeness (QED) is 0.698. The van der Waals surface area contributed by atoms with Crippen LogP contribution in [0.3, 0.4) is 0 Å². The third-order valence-electron chi connectivity index (χ3n) is 3.78. The number of hydrogen-bond donors (Lipinski definition) is 1. The highest BCUT2D eigenvalue weighted by atomic mass is 32.2. The molecule has 3 aromatic carbocycles. The molecule has 0 aliphatic heterocycles. The Bertz CT molecular complexity index is 951. The van der Waals surface area contributed by atoms with Gasteiger partial charge in [0.2, 0.25) is 10.0 Å². The lowest BCUT2D eigenvalue weighted by Gasteiger charge is -2.10. The maximum absolute atomic E-state index is 12.4. The zero-order valence-corrected chi connectivity index (χ0v) is 14.2. The molecule has 3 rings (SSSR count). The van der Waals surface area contributed by atoms with Crippen LogP contribution in [0.2, 0.25) is 0 Å². The first-order valence-electron chi connectivity index (χ1n) is 7.73. The highest BCUT2D eigenvalue weighted by molar-refractivity contribution is 7.89. The van der Waals surface area contributed by atoms with E-state index < -0.39 is 10.0 Å². The Morgan fingerprint density at radius 3 is 2.42 bits per heavy atom. The minimum atomic E-state index is -3.55. The molecule has 0 atom stereocenters. The van der Waals surface area contributed by atoms with Crippen LogP contribution in [0.5, 0.6) is 5.75 Å². The third kappa shape index (κ3) is 3.75. The van der Waals surface area contributed by atoms with Crippen molar-refractivity contribution in [2.24, 2.45) is 0 Å². The first kappa shape index (κ1) is 16.5. The van der Waals surface area contributed by atoms with Gasteiger partial charge in [0.25, 0.3) is 0 Å². The smallest absolute Gasteiger partial charge is 0.240 e. The monoisotopic (exact) mass is 341 g/mol. The second-order valence-electron chi connectivity index (χ2n) is 5.52. The summed E-state index contributed by atoms with van der Waals surface area (Å²) in [5, 5.41) is 1.91. The van der Waals surface area contributed by atoms with Gasteiger partial charge in [0.05, 0.1) is 4.90 Å². The summed E-state index contributed by atoms with van der Waals surface area (Å²) in [6.07, 6.45) is 0. The normalized spacial score (nSPS) is 11.5. The Kier molecular flexibility index (Phi) is 4.83. The van der Waals surface area contributed by atoms with Crippen LogP contribution in [-0.2, 0) is 10.0 Å². The van der Waals surface area contributed by atoms with E-state index in [1.807, 2.05) is 61.5 Å². The van der Waals surface area contributed by atoms with Crippen molar-refractivity contribution in [2.45, 2.75) is 11.8 Å². The van der Waals surface area contributed by atoms with Crippen molar-refractivity contribution in [2.75, 3.05) is 13.2 Å². The second-order valence-corrected chi connectivity index (χ2v) is 7.29. The number of sulfonamides is 1. The largest absolute Gasteiger partial charge is 0.492 e. The van der Waals surface area contributed by atoms with Crippen LogP contribution in [-0.4, -0.2) is 21.6 Å². The molecule has 0 bridgehead atoms. The van der Waals surface area contributed by atoms with E-state index >= 15 is 0 Å². The van der Waals surface area contributed by atoms with E-state index in [2.05, 4.69) is 4.72 Å². The number of ether oxygens (including phenoxy) is 1. The van der Waals surface area contributed by atoms with Crippen molar-refractivity contribution in [3.63, 3.8) is 0 Å². The highest BCUT2D eigenvalue weighted by Crippen LogP contribution is 2.19. The Morgan fingerprint density at radius 1 is 0.917 bits per heavy atom. The molecule has 3 aromatic rings. The summed E-state index contributed by atoms with van der Waals surface area (Å²) in [6, 6.07) is 20.4. The van der Waals surface area contributed by atoms with Gasteiger partial charge in [0.1, 0.15) is 12.4 Å². The van der Waals surface area contributed by atoms with Gasteiger partial charge in [-0.2, -0.15) is 0 Å². The molecule has 0 aliphatic rings. The zero-order chi connectivity index (χ0) is 17.0. The Labute approximate surface area is 142 Å². The summed E-state index contributed by atoms with van der Waals surface area (Å²) < 4.78 is 33.0. The van der Waals surface area contributed by atoms with Crippen LogP contribution in [0.25, 0.3) is 10.8 Å². The van der Waals surface area contributed by atoms with E-state index in [1.54, 1.807) is 12.1 Å². The predicted octanol–water partition coefficient (Wildman–Crippen LogP) is 3.51. The fraction of sp³-hybridized carbons (Fsp3) is 0.158. The molecule has 0 unspecified atom stereocenters. The molecule has 0 aromatic heterocycles. The molecule has 24 heavy (non-hydrogen) atoms. The summed E-state index contributed by atoms with van der Waals surface area (Å²) in [5.41, 5.74) is 1.02. The SMILES string of the molecule is Cc1ccccc1OCCNS(=O)(=O)c1ccc2ccccc2c1. The molecular weight excluding hydrogens is 322 g/mol. The highest BCUT2D eigenvalue weighted by Gasteiger charge is 2.13. The van der Waals surface area contributed by atoms with Crippen molar-refractivity contribution in [1.82, 2.24) is 4.72 Å². The van der Waals surface area contributed by atoms with Crippen LogP contribution in [0.15, 0.2) is 71.6 Å². The van der Waals surface area contributed by atoms with E-state index in [1.165, 1.54) is 0 Å². The fourth-order valence-corrected chi connectivity index (χ4v) is 3.52. The number of nitrogens with one attached hydrogen (secondary N) is 1. The standard InChI is InChI=1S/C19H19NO3S/c1-15-6-2-5-9-19(15)23-13-12-20-24(21,22)18-11-10-16-7-3-4-8-17(16)14-18/h2-11,14,20H,12-13H2,1H3. The molecule has 0 amide bonds. The second kappa shape index (κ2) is 7.03. The van der Waals surface area contributed by atoms with Crippen molar-refractivity contribution in [3.8, 4) is 5.75 Å². The predicted molar refractivity (Wildman–Crippen MR) is 95.8 cm³/mol. The minimum absolute atomic E-state index is 0.212. The number of fused-ring (bicyclic) bond motifs is 1. The Morgan fingerprint density at radius 2 is 1.62 bits per heavy atom. The molecule has 0 aliphatic carbocycles. The number of benzene rings is 3. The Balaban J connectivity index is 1.64. The van der Waals surface area contributed by atoms with Gasteiger partial charge in [-0.15, -0.1) is 0 Å². The summed E-state index contributed by atoms with van der Waals surface area (Å²) in [5.74, 6) is 0.766. The van der Waals surface area contributed by atoms with Crippen molar-refractivity contribution < 1.29 is 13.2 Å². The Hall–Kier alpha value is -2.37. The molecule has 124 valence electrons. The molecule has 4 nitrogen and oxygen atoms in total. The number of aryl methyl sites for hydroxylation is 1. The summed E-state index contributed by atoms with van der Waals surface area (Å²) >= 11 is 0. The molecule has 5 heteroatoms. The van der Waals surface area contributed by atoms with Gasteiger partial charge < -0.3 is 4.74 Å². The topological polar surface area (TPSA) is 55.4 Å². The lowest BCUT2D eigenvalue weighted by Crippen LogP contribution is -2.28. The van der Waals surface area contributed by atoms with Crippen molar-refractivity contribution >= 4 is 20.8 Å². The van der Waals surface area contributed by atoms with E-state index in [0.717, 1.165) is 22.1 Å². The zero-order valence-electron chi connectivity index (χ0n) is 13.4. The number of rotatable bonds is 6. The van der Waals surface area contributed by atoms with Crippen molar-refractivity contribution in [3.05, 3.63) is 72.3 Å². The first-order chi connectivity index (χ1) is 11.6. The molecular formula is C19H19NO3S. The molecule has 1 N–H and O–H groups in total. The van der Waals surface area contributed by atoms with E-state index in [0.29, 0.717) is 0 Å². The third-order valence-corrected chi connectivity index (χ3v) is 5.24. The number of hydrogen-bond acceptors (Lipinski definition) is 3. The van der Waals surface area contributed by atoms with Gasteiger partial charge in [-0.1, -0.05) is 48.5 Å². The molecule has 0 heterocycles. The maximum Gasteiger partial charge on any atom is 0.240 e. The molecule has 0 fully saturated rings. The van der Waals surface area contributed by atoms with E-state index in [4.69, 9.17) is 4.74 Å². The molecule has 0 saturated heterocycles. The van der Waals surface area contributed by atoms with Crippen LogP contribution in [0.1, 0.15) is 5.56 Å². The van der Waals surface area contributed by atoms with Crippen LogP contribution >= 0.6 is 0 Å². The van der Waals surface area contributed by atoms with E-state index in [9.17, 15) is 8.42 Å². The van der Waals surface area contributed by atoms with Gasteiger partial charge in [0.15, 0.2) is 0 Å². The average molecular weight is 341 g/mol. The van der Waals surface area contributed by atoms with Crippen LogP contribution in [0.4, 0.5) is 0 Å². The fourth-order valence-electron chi connectivity index (χ4n) is 2.47. The van der Waals surface area contributed by atoms with Gasteiger partial charge in [0, 0.05) is 6.54 Å². The van der Waals surface area contributed by atoms with E-state index in [-0.39, 0.29) is 18.0 Å². The lowest BCUT2D eigenvalue weighted by atomic mass is 10.1. The van der Waals surface area contributed by atoms with Crippen LogP contribution in [0, 0.1) is 6.92 Å².